The summed E-state index contributed by atoms with van der Waals surface area (Å²) in [6, 6.07) is 32.9. The maximum Gasteiger partial charge on any atom is 0.201 e. The second kappa shape index (κ2) is 9.43. The summed E-state index contributed by atoms with van der Waals surface area (Å²) in [5.74, 6) is 0.197. The Kier molecular flexibility index (Phi) is 6.96. The fourth-order valence-corrected chi connectivity index (χ4v) is 8.76. The van der Waals surface area contributed by atoms with Crippen LogP contribution in [0.1, 0.15) is 10.4 Å². The Morgan fingerprint density at radius 3 is 1.64 bits per heavy atom. The van der Waals surface area contributed by atoms with Gasteiger partial charge in [0, 0.05) is 10.9 Å². The number of rotatable bonds is 6. The summed E-state index contributed by atoms with van der Waals surface area (Å²) >= 11 is 1.70. The van der Waals surface area contributed by atoms with E-state index in [1.807, 2.05) is 42.5 Å². The van der Waals surface area contributed by atoms with Crippen LogP contribution in [0.2, 0.25) is 0 Å². The van der Waals surface area contributed by atoms with Crippen LogP contribution in [0.3, 0.4) is 0 Å². The predicted molar refractivity (Wildman–Crippen MR) is 119 cm³/mol. The zero-order valence-electron chi connectivity index (χ0n) is 15.2. The summed E-state index contributed by atoms with van der Waals surface area (Å²) in [7, 11) is -2.07. The van der Waals surface area contributed by atoms with Gasteiger partial charge in [0.1, 0.15) is 29.3 Å². The van der Waals surface area contributed by atoms with Gasteiger partial charge in [-0.3, -0.25) is 4.79 Å². The highest BCUT2D eigenvalue weighted by molar-refractivity contribution is 7.96. The molecule has 28 heavy (non-hydrogen) atoms. The standard InChI is InChI=1S/C24H20OPS.BrH/c25-24(20-10-4-1-5-11-20)18-26(23-16-17-27-19-23,21-12-6-2-7-13-21)22-14-8-3-9-15-22;/h1-17,19H,18H2;1H/q+1;/p-1. The first kappa shape index (κ1) is 20.7. The molecule has 0 atom stereocenters. The zero-order valence-corrected chi connectivity index (χ0v) is 18.5. The molecular formula is C24H20BrOPS. The van der Waals surface area contributed by atoms with Gasteiger partial charge in [-0.2, -0.15) is 0 Å². The number of hydrogen-bond donors (Lipinski definition) is 0. The summed E-state index contributed by atoms with van der Waals surface area (Å²) < 4.78 is 0. The van der Waals surface area contributed by atoms with E-state index in [2.05, 4.69) is 65.4 Å². The van der Waals surface area contributed by atoms with Crippen molar-refractivity contribution in [3.63, 3.8) is 0 Å². The van der Waals surface area contributed by atoms with Crippen LogP contribution in [0.25, 0.3) is 0 Å². The van der Waals surface area contributed by atoms with Crippen LogP contribution in [-0.2, 0) is 0 Å². The van der Waals surface area contributed by atoms with Crippen molar-refractivity contribution in [1.82, 2.24) is 0 Å². The van der Waals surface area contributed by atoms with Crippen molar-refractivity contribution in [2.24, 2.45) is 0 Å². The molecule has 0 bridgehead atoms. The van der Waals surface area contributed by atoms with Crippen molar-refractivity contribution in [3.05, 3.63) is 113 Å². The van der Waals surface area contributed by atoms with E-state index in [1.54, 1.807) is 11.3 Å². The van der Waals surface area contributed by atoms with Crippen LogP contribution in [0, 0.1) is 0 Å². The molecule has 1 nitrogen and oxygen atoms in total. The fourth-order valence-electron chi connectivity index (χ4n) is 3.49. The van der Waals surface area contributed by atoms with E-state index in [1.165, 1.54) is 15.9 Å². The molecule has 4 rings (SSSR count). The average molecular weight is 467 g/mol. The molecule has 4 aromatic rings. The van der Waals surface area contributed by atoms with Gasteiger partial charge in [0.15, 0.2) is 0 Å². The molecule has 0 amide bonds. The van der Waals surface area contributed by atoms with E-state index in [-0.39, 0.29) is 22.8 Å². The van der Waals surface area contributed by atoms with Gasteiger partial charge in [0.05, 0.1) is 0 Å². The van der Waals surface area contributed by atoms with Crippen molar-refractivity contribution >= 4 is 40.3 Å². The molecular weight excluding hydrogens is 447 g/mol. The Labute approximate surface area is 181 Å². The highest BCUT2D eigenvalue weighted by atomic mass is 79.9. The molecule has 3 aromatic carbocycles. The molecule has 0 saturated carbocycles. The third-order valence-electron chi connectivity index (χ3n) is 4.82. The molecule has 0 radical (unpaired) electrons. The van der Waals surface area contributed by atoms with E-state index < -0.39 is 7.26 Å². The van der Waals surface area contributed by atoms with Crippen LogP contribution in [-0.4, -0.2) is 11.9 Å². The van der Waals surface area contributed by atoms with E-state index in [9.17, 15) is 4.79 Å². The summed E-state index contributed by atoms with van der Waals surface area (Å²) in [4.78, 5) is 13.3. The van der Waals surface area contributed by atoms with Gasteiger partial charge in [-0.05, 0) is 35.7 Å². The van der Waals surface area contributed by atoms with E-state index in [0.29, 0.717) is 6.16 Å². The highest BCUT2D eigenvalue weighted by Crippen LogP contribution is 2.55. The molecule has 1 heterocycles. The van der Waals surface area contributed by atoms with Crippen LogP contribution in [0.4, 0.5) is 0 Å². The van der Waals surface area contributed by atoms with Gasteiger partial charge in [0.2, 0.25) is 5.78 Å². The Balaban J connectivity index is 0.00000225. The predicted octanol–water partition coefficient (Wildman–Crippen LogP) is 1.93. The number of carbonyl (C=O) groups is 1. The summed E-state index contributed by atoms with van der Waals surface area (Å²) in [5, 5.41) is 8.10. The van der Waals surface area contributed by atoms with Crippen molar-refractivity contribution in [3.8, 4) is 0 Å². The van der Waals surface area contributed by atoms with Crippen molar-refractivity contribution < 1.29 is 21.8 Å². The van der Waals surface area contributed by atoms with Crippen LogP contribution < -0.4 is 32.9 Å². The van der Waals surface area contributed by atoms with E-state index >= 15 is 0 Å². The number of benzene rings is 3. The Morgan fingerprint density at radius 1 is 0.679 bits per heavy atom. The quantitative estimate of drug-likeness (QED) is 0.313. The van der Waals surface area contributed by atoms with Gasteiger partial charge in [-0.25, -0.2) is 0 Å². The Bertz CT molecular complexity index is 963. The molecule has 1 aromatic heterocycles. The lowest BCUT2D eigenvalue weighted by Crippen LogP contribution is -3.00. The number of halogens is 1. The van der Waals surface area contributed by atoms with Gasteiger partial charge < -0.3 is 17.0 Å². The highest BCUT2D eigenvalue weighted by Gasteiger charge is 2.47. The smallest absolute Gasteiger partial charge is 0.201 e. The van der Waals surface area contributed by atoms with Crippen LogP contribution in [0.5, 0.6) is 0 Å². The Morgan fingerprint density at radius 2 is 1.18 bits per heavy atom. The summed E-state index contributed by atoms with van der Waals surface area (Å²) in [6.07, 6.45) is 0.502. The van der Waals surface area contributed by atoms with E-state index in [4.69, 9.17) is 0 Å². The molecule has 0 spiro atoms. The molecule has 0 fully saturated rings. The first-order chi connectivity index (χ1) is 13.3. The monoisotopic (exact) mass is 466 g/mol. The van der Waals surface area contributed by atoms with Gasteiger partial charge in [-0.1, -0.05) is 66.7 Å². The molecule has 140 valence electrons. The first-order valence-corrected chi connectivity index (χ1v) is 11.8. The zero-order chi connectivity index (χ0) is 18.5. The Hall–Kier alpha value is -2.06. The number of hydrogen-bond acceptors (Lipinski definition) is 2. The number of thiophene rings is 1. The molecule has 0 aliphatic carbocycles. The van der Waals surface area contributed by atoms with Gasteiger partial charge in [-0.15, -0.1) is 11.3 Å². The first-order valence-electron chi connectivity index (χ1n) is 8.91. The second-order valence-corrected chi connectivity index (χ2v) is 10.7. The number of carbonyl (C=O) groups excluding carboxylic acids is 1. The number of ketones is 1. The normalized spacial score (nSPS) is 10.9. The average Bonchev–Trinajstić information content (AvgIpc) is 3.29. The molecule has 4 heteroatoms. The van der Waals surface area contributed by atoms with Crippen LogP contribution >= 0.6 is 18.6 Å². The fraction of sp³-hybridized carbons (Fsp3) is 0.0417. The molecule has 0 aliphatic rings. The maximum absolute atomic E-state index is 13.3. The maximum atomic E-state index is 13.3. The molecule has 0 N–H and O–H groups in total. The SMILES string of the molecule is O=C(C[P+](c1ccccc1)(c1ccccc1)c1ccsc1)c1ccccc1.[Br-]. The van der Waals surface area contributed by atoms with Crippen molar-refractivity contribution in [1.29, 1.82) is 0 Å². The van der Waals surface area contributed by atoms with Crippen molar-refractivity contribution in [2.75, 3.05) is 6.16 Å². The molecule has 0 unspecified atom stereocenters. The lowest BCUT2D eigenvalue weighted by molar-refractivity contribution is -0.0000129. The number of Topliss-reactive ketones (excluding diaryl/α,β-unsaturated/α-hetero) is 1. The minimum absolute atomic E-state index is 0. The van der Waals surface area contributed by atoms with Crippen LogP contribution in [0.15, 0.2) is 108 Å². The minimum atomic E-state index is -2.07. The summed E-state index contributed by atoms with van der Waals surface area (Å²) in [6.45, 7) is 0. The lowest BCUT2D eigenvalue weighted by atomic mass is 10.2. The third-order valence-corrected chi connectivity index (χ3v) is 9.96. The molecule has 0 aliphatic heterocycles. The van der Waals surface area contributed by atoms with Gasteiger partial charge >= 0.3 is 0 Å². The molecule has 0 saturated heterocycles. The lowest BCUT2D eigenvalue weighted by Gasteiger charge is -2.26. The van der Waals surface area contributed by atoms with Crippen molar-refractivity contribution in [2.45, 2.75) is 0 Å². The minimum Gasteiger partial charge on any atom is -1.00 e. The largest absolute Gasteiger partial charge is 1.00 e. The van der Waals surface area contributed by atoms with E-state index in [0.717, 1.165) is 5.56 Å². The topological polar surface area (TPSA) is 17.1 Å². The summed E-state index contributed by atoms with van der Waals surface area (Å²) in [5.41, 5.74) is 0.781. The third kappa shape index (κ3) is 4.03. The van der Waals surface area contributed by atoms with Gasteiger partial charge in [0.25, 0.3) is 0 Å². The second-order valence-electron chi connectivity index (χ2n) is 6.41.